The molecule has 3 aromatic rings. The van der Waals surface area contributed by atoms with Crippen molar-refractivity contribution in [3.63, 3.8) is 0 Å². The summed E-state index contributed by atoms with van der Waals surface area (Å²) in [6, 6.07) is 22.6. The fourth-order valence-electron chi connectivity index (χ4n) is 5.36. The smallest absolute Gasteiger partial charge is 0.261 e. The number of benzene rings is 3. The fraction of sp³-hybridized carbons (Fsp3) is 0.512. The number of para-hydroxylation sites is 4. The largest absolute Gasteiger partial charge is 0.490 e. The number of carbonyl (C=O) groups is 2. The van der Waals surface area contributed by atoms with Gasteiger partial charge in [-0.25, -0.2) is 0 Å². The van der Waals surface area contributed by atoms with Gasteiger partial charge in [-0.2, -0.15) is 0 Å². The highest BCUT2D eigenvalue weighted by atomic mass is 16.5. The summed E-state index contributed by atoms with van der Waals surface area (Å²) in [7, 11) is 0. The van der Waals surface area contributed by atoms with Crippen LogP contribution >= 0.6 is 0 Å². The molecular formula is C41H57NO6. The van der Waals surface area contributed by atoms with E-state index in [1.54, 1.807) is 24.3 Å². The third-order valence-electron chi connectivity index (χ3n) is 8.13. The normalized spacial score (nSPS) is 11.9. The van der Waals surface area contributed by atoms with Crippen molar-refractivity contribution in [2.45, 2.75) is 104 Å². The monoisotopic (exact) mass is 659 g/mol. The van der Waals surface area contributed by atoms with Gasteiger partial charge in [-0.15, -0.1) is 0 Å². The molecule has 0 bridgehead atoms. The fourth-order valence-corrected chi connectivity index (χ4v) is 5.36. The van der Waals surface area contributed by atoms with Gasteiger partial charge in [0.25, 0.3) is 11.8 Å². The zero-order chi connectivity index (χ0) is 34.2. The zero-order valence-electron chi connectivity index (χ0n) is 29.6. The van der Waals surface area contributed by atoms with Crippen LogP contribution in [0.5, 0.6) is 23.0 Å². The lowest BCUT2D eigenvalue weighted by molar-refractivity contribution is 0.0646. The Morgan fingerprint density at radius 1 is 0.417 bits per heavy atom. The van der Waals surface area contributed by atoms with E-state index in [9.17, 15) is 9.59 Å². The van der Waals surface area contributed by atoms with E-state index in [-0.39, 0.29) is 11.8 Å². The van der Waals surface area contributed by atoms with Gasteiger partial charge < -0.3 is 18.9 Å². The van der Waals surface area contributed by atoms with Gasteiger partial charge in [-0.3, -0.25) is 14.5 Å². The van der Waals surface area contributed by atoms with Crippen molar-refractivity contribution in [3.8, 4) is 23.0 Å². The summed E-state index contributed by atoms with van der Waals surface area (Å²) >= 11 is 0. The van der Waals surface area contributed by atoms with Crippen molar-refractivity contribution in [2.24, 2.45) is 0 Å². The summed E-state index contributed by atoms with van der Waals surface area (Å²) in [6.45, 7) is 9.63. The van der Waals surface area contributed by atoms with Crippen LogP contribution in [-0.2, 0) is 0 Å². The first-order valence-corrected chi connectivity index (χ1v) is 18.2. The molecule has 1 aliphatic rings. The lowest BCUT2D eigenvalue weighted by atomic mass is 10.1. The lowest BCUT2D eigenvalue weighted by Crippen LogP contribution is -2.31. The Morgan fingerprint density at radius 3 is 1.06 bits per heavy atom. The maximum Gasteiger partial charge on any atom is 0.261 e. The second-order valence-electron chi connectivity index (χ2n) is 12.1. The van der Waals surface area contributed by atoms with Crippen LogP contribution in [0.1, 0.15) is 125 Å². The Kier molecular flexibility index (Phi) is 18.7. The van der Waals surface area contributed by atoms with Gasteiger partial charge in [0.2, 0.25) is 0 Å². The number of nitrogens with zero attached hydrogens (tertiary/aromatic N) is 1. The van der Waals surface area contributed by atoms with Crippen molar-refractivity contribution in [1.29, 1.82) is 0 Å². The number of hydrogen-bond donors (Lipinski definition) is 0. The van der Waals surface area contributed by atoms with Crippen LogP contribution in [0.3, 0.4) is 0 Å². The third kappa shape index (κ3) is 13.2. The summed E-state index contributed by atoms with van der Waals surface area (Å²) in [5.41, 5.74) is 0.963. The molecule has 1 heterocycles. The predicted molar refractivity (Wildman–Crippen MR) is 194 cm³/mol. The van der Waals surface area contributed by atoms with Gasteiger partial charge in [0, 0.05) is 6.54 Å². The summed E-state index contributed by atoms with van der Waals surface area (Å²) < 4.78 is 23.4. The first-order chi connectivity index (χ1) is 23.6. The van der Waals surface area contributed by atoms with Crippen LogP contribution in [0, 0.1) is 0 Å². The molecule has 0 atom stereocenters. The molecule has 0 spiro atoms. The van der Waals surface area contributed by atoms with E-state index in [1.807, 2.05) is 48.5 Å². The number of ether oxygens (including phenoxy) is 4. The van der Waals surface area contributed by atoms with Gasteiger partial charge in [0.15, 0.2) is 23.0 Å². The summed E-state index contributed by atoms with van der Waals surface area (Å²) in [5.74, 6) is 2.76. The highest BCUT2D eigenvalue weighted by molar-refractivity contribution is 6.21. The Hall–Kier alpha value is -4.00. The highest BCUT2D eigenvalue weighted by Crippen LogP contribution is 2.28. The van der Waals surface area contributed by atoms with Crippen LogP contribution in [0.15, 0.2) is 72.8 Å². The minimum atomic E-state index is -0.226. The number of hydrogen-bond acceptors (Lipinski definition) is 6. The molecule has 1 aliphatic heterocycles. The molecule has 0 N–H and O–H groups in total. The first kappa shape index (κ1) is 38.4. The Morgan fingerprint density at radius 2 is 0.729 bits per heavy atom. The van der Waals surface area contributed by atoms with Crippen molar-refractivity contribution in [3.05, 3.63) is 83.9 Å². The number of rotatable bonds is 23. The Labute approximate surface area is 288 Å². The van der Waals surface area contributed by atoms with Gasteiger partial charge in [0.05, 0.1) is 37.6 Å². The van der Waals surface area contributed by atoms with E-state index in [1.165, 1.54) is 62.7 Å². The first-order valence-electron chi connectivity index (χ1n) is 18.2. The number of fused-ring (bicyclic) bond motifs is 1. The number of carbonyl (C=O) groups excluding carboxylic acids is 2. The second-order valence-corrected chi connectivity index (χ2v) is 12.1. The highest BCUT2D eigenvalue weighted by Gasteiger charge is 2.34. The molecular weight excluding hydrogens is 602 g/mol. The third-order valence-corrected chi connectivity index (χ3v) is 8.13. The molecule has 7 heteroatoms. The Bertz CT molecular complexity index is 1270. The standard InChI is InChI=1S/C23H27NO4.C18H30O2/c1-2-3-4-9-16-27-20-13-7-8-14-21(20)28-17-10-15-24-22(25)18-11-5-6-12-19(18)23(24)26;1-3-5-7-11-15-19-17-13-9-10-14-18(17)20-16-12-8-6-4-2/h5-8,11-14H,2-4,9-10,15-17H2,1H3;9-10,13-14H,3-8,11-12,15-16H2,1-2H3. The molecule has 0 unspecified atom stereocenters. The molecule has 0 saturated carbocycles. The molecule has 4 rings (SSSR count). The van der Waals surface area contributed by atoms with Crippen LogP contribution in [-0.4, -0.2) is 49.7 Å². The van der Waals surface area contributed by atoms with Gasteiger partial charge in [-0.1, -0.05) is 115 Å². The Balaban J connectivity index is 0.000000277. The summed E-state index contributed by atoms with van der Waals surface area (Å²) in [6.07, 6.45) is 15.0. The maximum absolute atomic E-state index is 12.4. The van der Waals surface area contributed by atoms with E-state index >= 15 is 0 Å². The summed E-state index contributed by atoms with van der Waals surface area (Å²) in [4.78, 5) is 26.0. The summed E-state index contributed by atoms with van der Waals surface area (Å²) in [5, 5.41) is 0. The number of unbranched alkanes of at least 4 members (excludes halogenated alkanes) is 9. The number of imide groups is 1. The minimum absolute atomic E-state index is 0.226. The van der Waals surface area contributed by atoms with Crippen molar-refractivity contribution < 1.29 is 28.5 Å². The lowest BCUT2D eigenvalue weighted by Gasteiger charge is -2.15. The van der Waals surface area contributed by atoms with E-state index < -0.39 is 0 Å². The number of amides is 2. The molecule has 0 aliphatic carbocycles. The quantitative estimate of drug-likeness (QED) is 0.0745. The zero-order valence-corrected chi connectivity index (χ0v) is 29.6. The van der Waals surface area contributed by atoms with Crippen molar-refractivity contribution >= 4 is 11.8 Å². The minimum Gasteiger partial charge on any atom is -0.490 e. The van der Waals surface area contributed by atoms with E-state index in [0.29, 0.717) is 43.1 Å². The predicted octanol–water partition coefficient (Wildman–Crippen LogP) is 10.3. The molecule has 262 valence electrons. The molecule has 7 nitrogen and oxygen atoms in total. The van der Waals surface area contributed by atoms with Crippen molar-refractivity contribution in [1.82, 2.24) is 4.90 Å². The van der Waals surface area contributed by atoms with Gasteiger partial charge in [-0.05, 0) is 62.1 Å². The molecule has 0 aromatic heterocycles. The van der Waals surface area contributed by atoms with Crippen LogP contribution < -0.4 is 18.9 Å². The average molecular weight is 660 g/mol. The molecule has 3 aromatic carbocycles. The average Bonchev–Trinajstić information content (AvgIpc) is 3.36. The van der Waals surface area contributed by atoms with E-state index in [0.717, 1.165) is 49.7 Å². The molecule has 0 radical (unpaired) electrons. The van der Waals surface area contributed by atoms with Crippen LogP contribution in [0.2, 0.25) is 0 Å². The van der Waals surface area contributed by atoms with Crippen LogP contribution in [0.4, 0.5) is 0 Å². The topological polar surface area (TPSA) is 74.3 Å². The molecule has 2 amide bonds. The molecule has 48 heavy (non-hydrogen) atoms. The van der Waals surface area contributed by atoms with E-state index in [2.05, 4.69) is 20.8 Å². The molecule has 0 fully saturated rings. The van der Waals surface area contributed by atoms with Gasteiger partial charge >= 0.3 is 0 Å². The molecule has 0 saturated heterocycles. The van der Waals surface area contributed by atoms with Crippen LogP contribution in [0.25, 0.3) is 0 Å². The SMILES string of the molecule is CCCCCCOc1ccccc1OCCCCCC.CCCCCCOc1ccccc1OCCCN1C(=O)c2ccccc2C1=O. The van der Waals surface area contributed by atoms with Gasteiger partial charge in [0.1, 0.15) is 0 Å². The second kappa shape index (κ2) is 23.3. The van der Waals surface area contributed by atoms with E-state index in [4.69, 9.17) is 18.9 Å². The van der Waals surface area contributed by atoms with Crippen molar-refractivity contribution in [2.75, 3.05) is 33.0 Å². The maximum atomic E-state index is 12.4.